The molecule has 50 valence electrons. The molecule has 0 aromatic carbocycles. The Kier molecular flexibility index (Phi) is 1.91. The van der Waals surface area contributed by atoms with Crippen LogP contribution >= 0.6 is 11.6 Å². The fourth-order valence-electron chi connectivity index (χ4n) is 0.709. The smallest absolute Gasteiger partial charge is 0.120 e. The van der Waals surface area contributed by atoms with E-state index >= 15 is 0 Å². The van der Waals surface area contributed by atoms with Crippen LogP contribution in [-0.4, -0.2) is 5.38 Å². The van der Waals surface area contributed by atoms with Gasteiger partial charge in [-0.05, 0) is 18.1 Å². The van der Waals surface area contributed by atoms with Gasteiger partial charge >= 0.3 is 0 Å². The summed E-state index contributed by atoms with van der Waals surface area (Å²) in [6.07, 6.45) is 4.64. The molecule has 1 aliphatic carbocycles. The fraction of sp³-hybridized carbons (Fsp3) is 0.429. The van der Waals surface area contributed by atoms with Crippen LogP contribution in [0.25, 0.3) is 0 Å². The van der Waals surface area contributed by atoms with Gasteiger partial charge in [-0.1, -0.05) is 13.0 Å². The topological polar surface area (TPSA) is 0 Å². The SMILES string of the molecule is CC1C=CC(F)=CC1Cl. The molecule has 0 heterocycles. The summed E-state index contributed by atoms with van der Waals surface area (Å²) in [5, 5.41) is -0.171. The lowest BCUT2D eigenvalue weighted by Gasteiger charge is -2.12. The number of halogens is 2. The van der Waals surface area contributed by atoms with E-state index in [0.29, 0.717) is 0 Å². The van der Waals surface area contributed by atoms with Crippen molar-refractivity contribution in [3.8, 4) is 0 Å². The second-order valence-electron chi connectivity index (χ2n) is 2.21. The molecule has 2 atom stereocenters. The van der Waals surface area contributed by atoms with Gasteiger partial charge in [0.1, 0.15) is 5.83 Å². The van der Waals surface area contributed by atoms with Crippen LogP contribution in [0.2, 0.25) is 0 Å². The van der Waals surface area contributed by atoms with E-state index in [1.165, 1.54) is 12.2 Å². The lowest BCUT2D eigenvalue weighted by Crippen LogP contribution is -2.08. The predicted molar refractivity (Wildman–Crippen MR) is 37.1 cm³/mol. The minimum absolute atomic E-state index is 0.171. The van der Waals surface area contributed by atoms with Gasteiger partial charge in [0.15, 0.2) is 0 Å². The third-order valence-corrected chi connectivity index (χ3v) is 1.90. The maximum Gasteiger partial charge on any atom is 0.120 e. The molecule has 0 saturated heterocycles. The van der Waals surface area contributed by atoms with E-state index < -0.39 is 0 Å². The highest BCUT2D eigenvalue weighted by Gasteiger charge is 2.12. The first-order chi connectivity index (χ1) is 4.20. The largest absolute Gasteiger partial charge is 0.207 e. The quantitative estimate of drug-likeness (QED) is 0.461. The minimum atomic E-state index is -0.229. The molecule has 1 aliphatic rings. The van der Waals surface area contributed by atoms with Crippen molar-refractivity contribution < 1.29 is 4.39 Å². The molecule has 0 radical (unpaired) electrons. The Morgan fingerprint density at radius 1 is 1.67 bits per heavy atom. The summed E-state index contributed by atoms with van der Waals surface area (Å²) in [5.74, 6) is 0.0271. The Hall–Kier alpha value is -0.300. The number of hydrogen-bond donors (Lipinski definition) is 0. The van der Waals surface area contributed by atoms with E-state index in [1.807, 2.05) is 6.92 Å². The maximum atomic E-state index is 12.3. The highest BCUT2D eigenvalue weighted by molar-refractivity contribution is 6.22. The van der Waals surface area contributed by atoms with Gasteiger partial charge in [0.2, 0.25) is 0 Å². The standard InChI is InChI=1S/C7H8ClF/c1-5-2-3-6(9)4-7(5)8/h2-5,7H,1H3. The zero-order valence-electron chi connectivity index (χ0n) is 5.14. The molecule has 0 spiro atoms. The highest BCUT2D eigenvalue weighted by atomic mass is 35.5. The van der Waals surface area contributed by atoms with Crippen molar-refractivity contribution in [1.29, 1.82) is 0 Å². The number of hydrogen-bond acceptors (Lipinski definition) is 0. The van der Waals surface area contributed by atoms with Crippen molar-refractivity contribution >= 4 is 11.6 Å². The van der Waals surface area contributed by atoms with Crippen molar-refractivity contribution in [3.05, 3.63) is 24.1 Å². The monoisotopic (exact) mass is 146 g/mol. The molecular weight excluding hydrogens is 139 g/mol. The predicted octanol–water partition coefficient (Wildman–Crippen LogP) is 2.65. The van der Waals surface area contributed by atoms with Crippen molar-refractivity contribution in [3.63, 3.8) is 0 Å². The van der Waals surface area contributed by atoms with E-state index in [4.69, 9.17) is 11.6 Å². The van der Waals surface area contributed by atoms with Gasteiger partial charge in [-0.15, -0.1) is 11.6 Å². The van der Waals surface area contributed by atoms with Gasteiger partial charge in [-0.2, -0.15) is 0 Å². The first-order valence-electron chi connectivity index (χ1n) is 2.90. The summed E-state index contributed by atoms with van der Waals surface area (Å²) >= 11 is 5.69. The van der Waals surface area contributed by atoms with Gasteiger partial charge in [-0.25, -0.2) is 4.39 Å². The first-order valence-corrected chi connectivity index (χ1v) is 3.33. The van der Waals surface area contributed by atoms with Crippen LogP contribution in [0, 0.1) is 5.92 Å². The zero-order valence-corrected chi connectivity index (χ0v) is 5.90. The molecule has 2 heteroatoms. The Balaban J connectivity index is 2.70. The van der Waals surface area contributed by atoms with Crippen LogP contribution in [0.3, 0.4) is 0 Å². The van der Waals surface area contributed by atoms with Gasteiger partial charge in [0.25, 0.3) is 0 Å². The summed E-state index contributed by atoms with van der Waals surface area (Å²) in [7, 11) is 0. The van der Waals surface area contributed by atoms with Crippen LogP contribution in [-0.2, 0) is 0 Å². The van der Waals surface area contributed by atoms with E-state index in [0.717, 1.165) is 0 Å². The molecule has 0 amide bonds. The van der Waals surface area contributed by atoms with Gasteiger partial charge < -0.3 is 0 Å². The second kappa shape index (κ2) is 2.53. The minimum Gasteiger partial charge on any atom is -0.207 e. The molecule has 0 bridgehead atoms. The van der Waals surface area contributed by atoms with E-state index in [9.17, 15) is 4.39 Å². The van der Waals surface area contributed by atoms with Crippen LogP contribution in [0.5, 0.6) is 0 Å². The summed E-state index contributed by atoms with van der Waals surface area (Å²) in [6.45, 7) is 1.96. The molecule has 2 unspecified atom stereocenters. The summed E-state index contributed by atoms with van der Waals surface area (Å²) in [4.78, 5) is 0. The maximum absolute atomic E-state index is 12.3. The Labute approximate surface area is 59.0 Å². The molecule has 0 fully saturated rings. The van der Waals surface area contributed by atoms with Crippen LogP contribution in [0.1, 0.15) is 6.92 Å². The second-order valence-corrected chi connectivity index (χ2v) is 2.72. The Bertz CT molecular complexity index is 160. The summed E-state index contributed by atoms with van der Waals surface area (Å²) in [6, 6.07) is 0. The van der Waals surface area contributed by atoms with Crippen LogP contribution < -0.4 is 0 Å². The van der Waals surface area contributed by atoms with Crippen LogP contribution in [0.4, 0.5) is 4.39 Å². The van der Waals surface area contributed by atoms with Gasteiger partial charge in [-0.3, -0.25) is 0 Å². The number of alkyl halides is 1. The summed E-state index contributed by atoms with van der Waals surface area (Å²) in [5.41, 5.74) is 0. The molecule has 0 N–H and O–H groups in total. The van der Waals surface area contributed by atoms with Crippen molar-refractivity contribution in [2.75, 3.05) is 0 Å². The molecule has 0 aromatic rings. The third kappa shape index (κ3) is 1.55. The van der Waals surface area contributed by atoms with E-state index in [-0.39, 0.29) is 17.1 Å². The number of rotatable bonds is 0. The van der Waals surface area contributed by atoms with E-state index in [2.05, 4.69) is 0 Å². The van der Waals surface area contributed by atoms with Crippen molar-refractivity contribution in [2.45, 2.75) is 12.3 Å². The van der Waals surface area contributed by atoms with Gasteiger partial charge in [0, 0.05) is 0 Å². The molecule has 0 aromatic heterocycles. The average Bonchev–Trinajstić information content (AvgIpc) is 1.80. The summed E-state index contributed by atoms with van der Waals surface area (Å²) < 4.78 is 12.3. The average molecular weight is 147 g/mol. The molecule has 0 aliphatic heterocycles. The highest BCUT2D eigenvalue weighted by Crippen LogP contribution is 2.21. The molecule has 0 nitrogen and oxygen atoms in total. The van der Waals surface area contributed by atoms with Gasteiger partial charge in [0.05, 0.1) is 5.38 Å². The Morgan fingerprint density at radius 2 is 2.33 bits per heavy atom. The Morgan fingerprint density at radius 3 is 2.78 bits per heavy atom. The van der Waals surface area contributed by atoms with E-state index in [1.54, 1.807) is 6.08 Å². The number of allylic oxidation sites excluding steroid dienone is 4. The molecule has 0 saturated carbocycles. The molecule has 1 rings (SSSR count). The third-order valence-electron chi connectivity index (χ3n) is 1.38. The first kappa shape index (κ1) is 6.81. The molecule has 9 heavy (non-hydrogen) atoms. The normalized spacial score (nSPS) is 34.3. The lowest BCUT2D eigenvalue weighted by atomic mass is 10.0. The molecular formula is C7H8ClF. The van der Waals surface area contributed by atoms with Crippen molar-refractivity contribution in [1.82, 2.24) is 0 Å². The lowest BCUT2D eigenvalue weighted by molar-refractivity contribution is 0.627. The zero-order chi connectivity index (χ0) is 6.85. The van der Waals surface area contributed by atoms with Crippen molar-refractivity contribution in [2.24, 2.45) is 5.92 Å². The fourth-order valence-corrected chi connectivity index (χ4v) is 0.914. The van der Waals surface area contributed by atoms with Crippen LogP contribution in [0.15, 0.2) is 24.1 Å².